The molecule has 0 unspecified atom stereocenters. The van der Waals surface area contributed by atoms with Crippen molar-refractivity contribution in [1.82, 2.24) is 19.1 Å². The average molecular weight is 881 g/mol. The van der Waals surface area contributed by atoms with Crippen LogP contribution in [0.4, 0.5) is 0 Å². The number of hydrogen-bond acceptors (Lipinski definition) is 4. The molecule has 0 bridgehead atoms. The van der Waals surface area contributed by atoms with E-state index >= 15 is 0 Å². The fraction of sp³-hybridized carbons (Fsp3) is 0. The summed E-state index contributed by atoms with van der Waals surface area (Å²) < 4.78 is 10.1. The van der Waals surface area contributed by atoms with Crippen LogP contribution in [0.25, 0.3) is 95.3 Å². The molecule has 0 aliphatic carbocycles. The van der Waals surface area contributed by atoms with E-state index in [1.54, 1.807) is 0 Å². The Morgan fingerprint density at radius 3 is 1.31 bits per heavy atom. The van der Waals surface area contributed by atoms with E-state index in [2.05, 4.69) is 213 Å². The van der Waals surface area contributed by atoms with Gasteiger partial charge < -0.3 is 9.13 Å². The third-order valence-corrected chi connectivity index (χ3v) is 21.4. The standard InChI is InChI=1S/C58H36N4S2Si/c1-3-15-37(16-4-1)65(38-17-5-2-6-18-38,53-29-13-23-44-42-21-11-27-50(55(42)63-57(44)53)61-48-26-10-8-20-40(48)46-35-59-34-32-49(46)61)54-30-14-24-45-43-22-12-28-51(56(43)64-58(45)54)62-47-25-9-7-19-39(47)41-31-33-60-36-52(41)62/h1-36H. The molecule has 0 spiro atoms. The number of para-hydroxylation sites is 2. The summed E-state index contributed by atoms with van der Waals surface area (Å²) in [5, 5.41) is 15.5. The summed E-state index contributed by atoms with van der Waals surface area (Å²) >= 11 is 3.89. The van der Waals surface area contributed by atoms with E-state index in [0.29, 0.717) is 0 Å². The van der Waals surface area contributed by atoms with Crippen molar-refractivity contribution in [3.8, 4) is 11.4 Å². The van der Waals surface area contributed by atoms with Crippen LogP contribution >= 0.6 is 22.7 Å². The van der Waals surface area contributed by atoms with Crippen molar-refractivity contribution in [3.63, 3.8) is 0 Å². The lowest BCUT2D eigenvalue weighted by atomic mass is 10.1. The molecule has 304 valence electrons. The van der Waals surface area contributed by atoms with Gasteiger partial charge in [-0.1, -0.05) is 158 Å². The van der Waals surface area contributed by atoms with Crippen LogP contribution in [0.5, 0.6) is 0 Å². The van der Waals surface area contributed by atoms with Gasteiger partial charge in [0.05, 0.1) is 49.0 Å². The quantitative estimate of drug-likeness (QED) is 0.123. The molecule has 6 aromatic heterocycles. The molecule has 4 nitrogen and oxygen atoms in total. The Hall–Kier alpha value is -7.68. The number of benzene rings is 8. The number of pyridine rings is 2. The molecule has 14 rings (SSSR count). The summed E-state index contributed by atoms with van der Waals surface area (Å²) in [7, 11) is -3.11. The maximum atomic E-state index is 4.64. The highest BCUT2D eigenvalue weighted by Crippen LogP contribution is 2.43. The summed E-state index contributed by atoms with van der Waals surface area (Å²) in [5.74, 6) is 0. The molecular weight excluding hydrogens is 845 g/mol. The average Bonchev–Trinajstić information content (AvgIpc) is 4.14. The Labute approximate surface area is 382 Å². The van der Waals surface area contributed by atoms with Gasteiger partial charge in [0.25, 0.3) is 0 Å². The van der Waals surface area contributed by atoms with Crippen LogP contribution in [0, 0.1) is 0 Å². The number of hydrogen-bond donors (Lipinski definition) is 0. The lowest BCUT2D eigenvalue weighted by Gasteiger charge is -2.35. The number of rotatable bonds is 6. The second-order valence-electron chi connectivity index (χ2n) is 16.8. The first-order valence-corrected chi connectivity index (χ1v) is 25.6. The van der Waals surface area contributed by atoms with Gasteiger partial charge in [-0.3, -0.25) is 9.97 Å². The third kappa shape index (κ3) is 5.11. The predicted molar refractivity (Wildman–Crippen MR) is 280 cm³/mol. The van der Waals surface area contributed by atoms with Crippen LogP contribution in [-0.2, 0) is 0 Å². The van der Waals surface area contributed by atoms with Gasteiger partial charge in [0.2, 0.25) is 0 Å². The molecule has 8 aromatic carbocycles. The molecule has 0 amide bonds. The molecule has 0 saturated heterocycles. The zero-order valence-electron chi connectivity index (χ0n) is 34.9. The zero-order valence-corrected chi connectivity index (χ0v) is 37.5. The first-order chi connectivity index (χ1) is 32.3. The lowest BCUT2D eigenvalue weighted by molar-refractivity contribution is 1.18. The summed E-state index contributed by atoms with van der Waals surface area (Å²) in [6.45, 7) is 0. The number of thiophene rings is 2. The van der Waals surface area contributed by atoms with Gasteiger partial charge in [-0.15, -0.1) is 22.7 Å². The van der Waals surface area contributed by atoms with Gasteiger partial charge in [0, 0.05) is 71.1 Å². The molecular formula is C58H36N4S2Si. The highest BCUT2D eigenvalue weighted by atomic mass is 32.1. The Morgan fingerprint density at radius 1 is 0.308 bits per heavy atom. The minimum atomic E-state index is -3.11. The van der Waals surface area contributed by atoms with E-state index < -0.39 is 8.07 Å². The van der Waals surface area contributed by atoms with Crippen LogP contribution in [0.2, 0.25) is 0 Å². The monoisotopic (exact) mass is 880 g/mol. The molecule has 0 atom stereocenters. The van der Waals surface area contributed by atoms with Crippen molar-refractivity contribution < 1.29 is 0 Å². The minimum Gasteiger partial charge on any atom is -0.308 e. The molecule has 7 heteroatoms. The Kier molecular flexibility index (Phi) is 8.01. The summed E-state index contributed by atoms with van der Waals surface area (Å²) in [6.07, 6.45) is 7.85. The van der Waals surface area contributed by atoms with Crippen LogP contribution in [0.3, 0.4) is 0 Å². The van der Waals surface area contributed by atoms with Crippen molar-refractivity contribution in [2.75, 3.05) is 0 Å². The van der Waals surface area contributed by atoms with E-state index in [1.165, 1.54) is 99.7 Å². The second-order valence-corrected chi connectivity index (χ2v) is 22.6. The largest absolute Gasteiger partial charge is 0.308 e. The van der Waals surface area contributed by atoms with Gasteiger partial charge in [-0.2, -0.15) is 0 Å². The molecule has 0 aliphatic heterocycles. The van der Waals surface area contributed by atoms with Gasteiger partial charge in [0.1, 0.15) is 0 Å². The lowest BCUT2D eigenvalue weighted by Crippen LogP contribution is -2.74. The minimum absolute atomic E-state index is 1.12. The first kappa shape index (κ1) is 36.8. The van der Waals surface area contributed by atoms with E-state index in [0.717, 1.165) is 16.4 Å². The SMILES string of the molecule is c1ccc([Si](c2ccccc2)(c2cccc3c2sc2c(-n4c5ccccc5c5cnccc54)cccc23)c2cccc3c2sc2c(-n4c5ccccc5c5ccncc54)cccc23)cc1. The fourth-order valence-electron chi connectivity index (χ4n) is 11.0. The van der Waals surface area contributed by atoms with E-state index in [-0.39, 0.29) is 0 Å². The van der Waals surface area contributed by atoms with Gasteiger partial charge in [-0.05, 0) is 57.1 Å². The van der Waals surface area contributed by atoms with E-state index in [1.807, 2.05) is 47.5 Å². The second kappa shape index (κ2) is 14.2. The predicted octanol–water partition coefficient (Wildman–Crippen LogP) is 12.8. The molecule has 0 saturated carbocycles. The normalized spacial score (nSPS) is 12.3. The summed E-state index contributed by atoms with van der Waals surface area (Å²) in [5.41, 5.74) is 7.03. The number of fused-ring (bicyclic) bond motifs is 12. The fourth-order valence-corrected chi connectivity index (χ4v) is 19.6. The van der Waals surface area contributed by atoms with E-state index in [4.69, 9.17) is 0 Å². The van der Waals surface area contributed by atoms with Crippen LogP contribution in [0.15, 0.2) is 219 Å². The third-order valence-electron chi connectivity index (χ3n) is 13.7. The zero-order chi connectivity index (χ0) is 42.6. The Bertz CT molecular complexity index is 3820. The van der Waals surface area contributed by atoms with Crippen molar-refractivity contribution in [2.24, 2.45) is 0 Å². The van der Waals surface area contributed by atoms with Gasteiger partial charge in [-0.25, -0.2) is 0 Å². The van der Waals surface area contributed by atoms with Crippen LogP contribution in [-0.4, -0.2) is 27.2 Å². The summed E-state index contributed by atoms with van der Waals surface area (Å²) in [4.78, 5) is 9.20. The molecule has 6 heterocycles. The molecule has 14 aromatic rings. The highest BCUT2D eigenvalue weighted by molar-refractivity contribution is 7.34. The maximum absolute atomic E-state index is 4.64. The molecule has 65 heavy (non-hydrogen) atoms. The maximum Gasteiger partial charge on any atom is 0.182 e. The molecule has 0 radical (unpaired) electrons. The van der Waals surface area contributed by atoms with Crippen LogP contribution < -0.4 is 20.7 Å². The van der Waals surface area contributed by atoms with Crippen molar-refractivity contribution in [3.05, 3.63) is 219 Å². The van der Waals surface area contributed by atoms with Gasteiger partial charge in [0.15, 0.2) is 8.07 Å². The Balaban J connectivity index is 1.10. The van der Waals surface area contributed by atoms with Crippen LogP contribution in [0.1, 0.15) is 0 Å². The topological polar surface area (TPSA) is 35.6 Å². The molecule has 0 fully saturated rings. The number of aromatic nitrogens is 4. The van der Waals surface area contributed by atoms with Crippen molar-refractivity contribution in [1.29, 1.82) is 0 Å². The molecule has 0 aliphatic rings. The van der Waals surface area contributed by atoms with Crippen molar-refractivity contribution in [2.45, 2.75) is 0 Å². The highest BCUT2D eigenvalue weighted by Gasteiger charge is 2.44. The van der Waals surface area contributed by atoms with Gasteiger partial charge >= 0.3 is 0 Å². The van der Waals surface area contributed by atoms with E-state index in [9.17, 15) is 0 Å². The number of nitrogens with zero attached hydrogens (tertiary/aromatic N) is 4. The molecule has 0 N–H and O–H groups in total. The first-order valence-electron chi connectivity index (χ1n) is 22.0. The smallest absolute Gasteiger partial charge is 0.182 e. The summed E-state index contributed by atoms with van der Waals surface area (Å²) in [6, 6.07) is 72.6. The van der Waals surface area contributed by atoms with Crippen molar-refractivity contribution >= 4 is 135 Å². The Morgan fingerprint density at radius 2 is 0.723 bits per heavy atom.